The standard InChI is InChI=1S/C26H23NO5/c1-15-9-10-19(11-16(15)2)27-17(3)12-21(18(27)4)23(29)14-31-26(30)25-13-22(28)20-7-5-6-8-24(20)32-25/h5-13H,14H2,1-4H3. The molecule has 0 N–H and O–H groups in total. The Bertz CT molecular complexity index is 1420. The Labute approximate surface area is 185 Å². The monoisotopic (exact) mass is 429 g/mol. The van der Waals surface area contributed by atoms with Crippen molar-refractivity contribution in [1.29, 1.82) is 0 Å². The molecule has 32 heavy (non-hydrogen) atoms. The Morgan fingerprint density at radius 2 is 1.69 bits per heavy atom. The smallest absolute Gasteiger partial charge is 0.374 e. The summed E-state index contributed by atoms with van der Waals surface area (Å²) in [5.74, 6) is -1.42. The summed E-state index contributed by atoms with van der Waals surface area (Å²) < 4.78 is 12.6. The minimum absolute atomic E-state index is 0.234. The molecule has 0 aliphatic heterocycles. The second kappa shape index (κ2) is 8.30. The third-order valence-electron chi connectivity index (χ3n) is 5.65. The summed E-state index contributed by atoms with van der Waals surface area (Å²) in [6, 6.07) is 15.6. The van der Waals surface area contributed by atoms with Gasteiger partial charge in [-0.25, -0.2) is 4.79 Å². The van der Waals surface area contributed by atoms with Crippen LogP contribution in [0.1, 0.15) is 43.4 Å². The molecular weight excluding hydrogens is 406 g/mol. The number of benzene rings is 2. The molecule has 0 unspecified atom stereocenters. The maximum Gasteiger partial charge on any atom is 0.374 e. The van der Waals surface area contributed by atoms with E-state index < -0.39 is 12.6 Å². The number of para-hydroxylation sites is 1. The number of hydrogen-bond donors (Lipinski definition) is 0. The zero-order valence-electron chi connectivity index (χ0n) is 18.4. The summed E-state index contributed by atoms with van der Waals surface area (Å²) in [7, 11) is 0. The highest BCUT2D eigenvalue weighted by molar-refractivity contribution is 6.00. The minimum atomic E-state index is -0.857. The highest BCUT2D eigenvalue weighted by atomic mass is 16.5. The predicted molar refractivity (Wildman–Crippen MR) is 122 cm³/mol. The SMILES string of the molecule is Cc1ccc(-n2c(C)cc(C(=O)COC(=O)c3cc(=O)c4ccccc4o3)c2C)cc1C. The van der Waals surface area contributed by atoms with Crippen LogP contribution >= 0.6 is 0 Å². The molecule has 0 radical (unpaired) electrons. The van der Waals surface area contributed by atoms with Crippen LogP contribution in [0.25, 0.3) is 16.7 Å². The largest absolute Gasteiger partial charge is 0.451 e. The van der Waals surface area contributed by atoms with Gasteiger partial charge in [-0.15, -0.1) is 0 Å². The van der Waals surface area contributed by atoms with Gasteiger partial charge in [0.05, 0.1) is 5.39 Å². The van der Waals surface area contributed by atoms with Crippen molar-refractivity contribution >= 4 is 22.7 Å². The Morgan fingerprint density at radius 1 is 0.938 bits per heavy atom. The van der Waals surface area contributed by atoms with E-state index in [4.69, 9.17) is 9.15 Å². The van der Waals surface area contributed by atoms with Crippen molar-refractivity contribution in [2.45, 2.75) is 27.7 Å². The van der Waals surface area contributed by atoms with Crippen LogP contribution in [0.3, 0.4) is 0 Å². The molecule has 0 atom stereocenters. The van der Waals surface area contributed by atoms with E-state index >= 15 is 0 Å². The van der Waals surface area contributed by atoms with Gasteiger partial charge in [0.1, 0.15) is 5.58 Å². The van der Waals surface area contributed by atoms with Crippen LogP contribution < -0.4 is 5.43 Å². The molecule has 4 aromatic rings. The molecule has 0 fully saturated rings. The van der Waals surface area contributed by atoms with E-state index in [0.29, 0.717) is 10.9 Å². The predicted octanol–water partition coefficient (Wildman–Crippen LogP) is 4.86. The van der Waals surface area contributed by atoms with Gasteiger partial charge in [-0.1, -0.05) is 18.2 Å². The van der Waals surface area contributed by atoms with Crippen LogP contribution in [0.2, 0.25) is 0 Å². The summed E-state index contributed by atoms with van der Waals surface area (Å²) in [6.07, 6.45) is 0. The molecule has 2 aromatic heterocycles. The van der Waals surface area contributed by atoms with E-state index in [1.54, 1.807) is 30.3 Å². The van der Waals surface area contributed by atoms with E-state index in [0.717, 1.165) is 28.7 Å². The van der Waals surface area contributed by atoms with Gasteiger partial charge in [0.15, 0.2) is 12.0 Å². The maximum absolute atomic E-state index is 12.8. The van der Waals surface area contributed by atoms with E-state index in [2.05, 4.69) is 13.0 Å². The van der Waals surface area contributed by atoms with Crippen LogP contribution in [0.15, 0.2) is 63.8 Å². The topological polar surface area (TPSA) is 78.5 Å². The number of fused-ring (bicyclic) bond motifs is 1. The van der Waals surface area contributed by atoms with Crippen molar-refractivity contribution in [1.82, 2.24) is 4.57 Å². The normalized spacial score (nSPS) is 11.0. The maximum atomic E-state index is 12.8. The summed E-state index contributed by atoms with van der Waals surface area (Å²) in [6.45, 7) is 7.43. The molecular formula is C26H23NO5. The fraction of sp³-hybridized carbons (Fsp3) is 0.192. The van der Waals surface area contributed by atoms with Crippen molar-refractivity contribution in [3.8, 4) is 5.69 Å². The Hall–Kier alpha value is -3.93. The third-order valence-corrected chi connectivity index (χ3v) is 5.65. The number of aromatic nitrogens is 1. The number of esters is 1. The number of aryl methyl sites for hydroxylation is 3. The number of carbonyl (C=O) groups excluding carboxylic acids is 2. The summed E-state index contributed by atoms with van der Waals surface area (Å²) >= 11 is 0. The molecule has 2 aromatic carbocycles. The van der Waals surface area contributed by atoms with Gasteiger partial charge in [0, 0.05) is 28.7 Å². The van der Waals surface area contributed by atoms with Crippen molar-refractivity contribution in [2.24, 2.45) is 0 Å². The second-order valence-corrected chi connectivity index (χ2v) is 7.86. The average molecular weight is 429 g/mol. The number of rotatable bonds is 5. The quantitative estimate of drug-likeness (QED) is 0.334. The fourth-order valence-electron chi connectivity index (χ4n) is 3.79. The Kier molecular flexibility index (Phi) is 5.53. The summed E-state index contributed by atoms with van der Waals surface area (Å²) in [5.41, 5.74) is 5.42. The van der Waals surface area contributed by atoms with E-state index in [9.17, 15) is 14.4 Å². The first-order valence-corrected chi connectivity index (χ1v) is 10.3. The van der Waals surface area contributed by atoms with Crippen LogP contribution in [0, 0.1) is 27.7 Å². The summed E-state index contributed by atoms with van der Waals surface area (Å²) in [5, 5.41) is 0.374. The van der Waals surface area contributed by atoms with Gasteiger partial charge in [-0.2, -0.15) is 0 Å². The highest BCUT2D eigenvalue weighted by Crippen LogP contribution is 2.23. The molecule has 0 saturated carbocycles. The first kappa shape index (κ1) is 21.3. The zero-order chi connectivity index (χ0) is 23.0. The second-order valence-electron chi connectivity index (χ2n) is 7.86. The lowest BCUT2D eigenvalue weighted by Crippen LogP contribution is -2.16. The number of carbonyl (C=O) groups is 2. The first-order valence-electron chi connectivity index (χ1n) is 10.3. The molecule has 0 aliphatic carbocycles. The summed E-state index contributed by atoms with van der Waals surface area (Å²) in [4.78, 5) is 37.4. The molecule has 4 rings (SSSR count). The molecule has 0 saturated heterocycles. The molecule has 0 spiro atoms. The van der Waals surface area contributed by atoms with Crippen LogP contribution in [0.5, 0.6) is 0 Å². The van der Waals surface area contributed by atoms with Gasteiger partial charge >= 0.3 is 5.97 Å². The zero-order valence-corrected chi connectivity index (χ0v) is 18.4. The molecule has 6 nitrogen and oxygen atoms in total. The van der Waals surface area contributed by atoms with Crippen molar-refractivity contribution < 1.29 is 18.7 Å². The van der Waals surface area contributed by atoms with Gasteiger partial charge < -0.3 is 13.7 Å². The van der Waals surface area contributed by atoms with Crippen LogP contribution in [-0.2, 0) is 4.74 Å². The van der Waals surface area contributed by atoms with Crippen LogP contribution in [0.4, 0.5) is 0 Å². The molecule has 2 heterocycles. The van der Waals surface area contributed by atoms with E-state index in [1.165, 1.54) is 5.56 Å². The van der Waals surface area contributed by atoms with E-state index in [-0.39, 0.29) is 22.6 Å². The number of ketones is 1. The highest BCUT2D eigenvalue weighted by Gasteiger charge is 2.20. The number of nitrogens with zero attached hydrogens (tertiary/aromatic N) is 1. The molecule has 0 aliphatic rings. The van der Waals surface area contributed by atoms with Gasteiger partial charge in [-0.05, 0) is 69.2 Å². The lowest BCUT2D eigenvalue weighted by Gasteiger charge is -2.12. The number of hydrogen-bond acceptors (Lipinski definition) is 5. The average Bonchev–Trinajstić information content (AvgIpc) is 3.07. The lowest BCUT2D eigenvalue weighted by molar-refractivity contribution is 0.0444. The minimum Gasteiger partial charge on any atom is -0.451 e. The fourth-order valence-corrected chi connectivity index (χ4v) is 3.79. The van der Waals surface area contributed by atoms with Crippen LogP contribution in [-0.4, -0.2) is 22.9 Å². The van der Waals surface area contributed by atoms with Gasteiger partial charge in [0.2, 0.25) is 11.5 Å². The number of Topliss-reactive ketones (excluding diaryl/α,β-unsaturated/α-hetero) is 1. The third kappa shape index (κ3) is 3.87. The number of ether oxygens (including phenoxy) is 1. The van der Waals surface area contributed by atoms with E-state index in [1.807, 2.05) is 37.5 Å². The van der Waals surface area contributed by atoms with Gasteiger partial charge in [-0.3, -0.25) is 9.59 Å². The van der Waals surface area contributed by atoms with Crippen molar-refractivity contribution in [3.05, 3.63) is 98.7 Å². The van der Waals surface area contributed by atoms with Crippen molar-refractivity contribution in [3.63, 3.8) is 0 Å². The molecule has 0 amide bonds. The first-order chi connectivity index (χ1) is 15.3. The molecule has 0 bridgehead atoms. The Balaban J connectivity index is 1.54. The molecule has 6 heteroatoms. The lowest BCUT2D eigenvalue weighted by atomic mass is 10.1. The molecule has 162 valence electrons. The van der Waals surface area contributed by atoms with Gasteiger partial charge in [0.25, 0.3) is 0 Å². The Morgan fingerprint density at radius 3 is 2.44 bits per heavy atom. The van der Waals surface area contributed by atoms with Crippen molar-refractivity contribution in [2.75, 3.05) is 6.61 Å².